The highest BCUT2D eigenvalue weighted by atomic mass is 79.9. The lowest BCUT2D eigenvalue weighted by atomic mass is 10.1. The van der Waals surface area contributed by atoms with E-state index in [9.17, 15) is 14.0 Å². The largest absolute Gasteiger partial charge is 0.497 e. The third kappa shape index (κ3) is 3.66. The standard InChI is InChI=1S/C20H13BrFN3O3S/c1-28-13-4-2-3-11(7-13)17-10-29-20-23-9-14(19(27)25(17)20)18(26)24-16-6-5-12(21)8-15(16)22/h2-10H,1H3,(H,24,26). The number of hydrogen-bond acceptors (Lipinski definition) is 5. The Kier molecular flexibility index (Phi) is 5.16. The number of thiazole rings is 1. The SMILES string of the molecule is COc1cccc(-c2csc3ncc(C(=O)Nc4ccc(Br)cc4F)c(=O)n23)c1. The molecule has 29 heavy (non-hydrogen) atoms. The average Bonchev–Trinajstić information content (AvgIpc) is 3.15. The zero-order valence-electron chi connectivity index (χ0n) is 15.0. The first kappa shape index (κ1) is 19.3. The van der Waals surface area contributed by atoms with Crippen LogP contribution in [0.1, 0.15) is 10.4 Å². The second kappa shape index (κ2) is 7.76. The van der Waals surface area contributed by atoms with Crippen LogP contribution in [0.15, 0.2) is 63.3 Å². The summed E-state index contributed by atoms with van der Waals surface area (Å²) in [6.45, 7) is 0. The van der Waals surface area contributed by atoms with Gasteiger partial charge in [0.2, 0.25) is 0 Å². The maximum atomic E-state index is 14.0. The van der Waals surface area contributed by atoms with Crippen molar-refractivity contribution in [1.29, 1.82) is 0 Å². The van der Waals surface area contributed by atoms with Crippen molar-refractivity contribution >= 4 is 43.8 Å². The van der Waals surface area contributed by atoms with Crippen LogP contribution in [-0.2, 0) is 0 Å². The third-order valence-corrected chi connectivity index (χ3v) is 5.57. The van der Waals surface area contributed by atoms with Gasteiger partial charge in [-0.05, 0) is 30.3 Å². The minimum Gasteiger partial charge on any atom is -0.497 e. The van der Waals surface area contributed by atoms with E-state index in [1.807, 2.05) is 12.1 Å². The second-order valence-corrected chi connectivity index (χ2v) is 7.78. The van der Waals surface area contributed by atoms with E-state index in [2.05, 4.69) is 26.2 Å². The zero-order chi connectivity index (χ0) is 20.5. The minimum atomic E-state index is -0.735. The van der Waals surface area contributed by atoms with E-state index < -0.39 is 17.3 Å². The van der Waals surface area contributed by atoms with Gasteiger partial charge in [-0.15, -0.1) is 11.3 Å². The van der Waals surface area contributed by atoms with Crippen LogP contribution in [0.4, 0.5) is 10.1 Å². The van der Waals surface area contributed by atoms with Gasteiger partial charge in [0, 0.05) is 21.6 Å². The van der Waals surface area contributed by atoms with Crippen LogP contribution in [0.2, 0.25) is 0 Å². The number of nitrogens with one attached hydrogen (secondary N) is 1. The van der Waals surface area contributed by atoms with Gasteiger partial charge in [0.15, 0.2) is 4.96 Å². The first-order valence-electron chi connectivity index (χ1n) is 8.38. The Labute approximate surface area is 176 Å². The molecule has 0 bridgehead atoms. The van der Waals surface area contributed by atoms with Crippen LogP contribution in [0.25, 0.3) is 16.2 Å². The van der Waals surface area contributed by atoms with Crippen LogP contribution in [-0.4, -0.2) is 22.4 Å². The first-order valence-corrected chi connectivity index (χ1v) is 10.1. The summed E-state index contributed by atoms with van der Waals surface area (Å²) >= 11 is 4.44. The van der Waals surface area contributed by atoms with Crippen molar-refractivity contribution in [2.45, 2.75) is 0 Å². The summed E-state index contributed by atoms with van der Waals surface area (Å²) in [5.41, 5.74) is 0.583. The Morgan fingerprint density at radius 1 is 1.28 bits per heavy atom. The molecule has 2 aromatic heterocycles. The lowest BCUT2D eigenvalue weighted by Gasteiger charge is -2.08. The van der Waals surface area contributed by atoms with Gasteiger partial charge in [-0.1, -0.05) is 28.1 Å². The number of amides is 1. The molecule has 1 N–H and O–H groups in total. The monoisotopic (exact) mass is 473 g/mol. The molecule has 0 saturated carbocycles. The number of aromatic nitrogens is 2. The molecule has 0 spiro atoms. The Bertz CT molecular complexity index is 1300. The van der Waals surface area contributed by atoms with E-state index in [1.54, 1.807) is 30.7 Å². The van der Waals surface area contributed by atoms with Crippen LogP contribution in [0.5, 0.6) is 5.75 Å². The van der Waals surface area contributed by atoms with Crippen LogP contribution in [0.3, 0.4) is 0 Å². The van der Waals surface area contributed by atoms with Crippen molar-refractivity contribution in [2.24, 2.45) is 0 Å². The fourth-order valence-corrected chi connectivity index (χ4v) is 4.00. The number of hydrogen-bond donors (Lipinski definition) is 1. The average molecular weight is 474 g/mol. The van der Waals surface area contributed by atoms with E-state index in [0.29, 0.717) is 20.9 Å². The van der Waals surface area contributed by atoms with Crippen molar-refractivity contribution < 1.29 is 13.9 Å². The molecule has 9 heteroatoms. The summed E-state index contributed by atoms with van der Waals surface area (Å²) in [6.07, 6.45) is 1.20. The molecule has 146 valence electrons. The van der Waals surface area contributed by atoms with Crippen LogP contribution in [0, 0.1) is 5.82 Å². The summed E-state index contributed by atoms with van der Waals surface area (Å²) in [5, 5.41) is 4.21. The second-order valence-electron chi connectivity index (χ2n) is 6.03. The van der Waals surface area contributed by atoms with Gasteiger partial charge >= 0.3 is 0 Å². The third-order valence-electron chi connectivity index (χ3n) is 4.24. The molecule has 0 aliphatic heterocycles. The quantitative estimate of drug-likeness (QED) is 0.470. The van der Waals surface area contributed by atoms with Crippen molar-refractivity contribution in [3.05, 3.63) is 80.2 Å². The molecule has 6 nitrogen and oxygen atoms in total. The number of benzene rings is 2. The van der Waals surface area contributed by atoms with Crippen molar-refractivity contribution in [1.82, 2.24) is 9.38 Å². The highest BCUT2D eigenvalue weighted by molar-refractivity contribution is 9.10. The topological polar surface area (TPSA) is 72.7 Å². The maximum absolute atomic E-state index is 14.0. The summed E-state index contributed by atoms with van der Waals surface area (Å²) < 4.78 is 21.2. The molecule has 0 atom stereocenters. The number of carbonyl (C=O) groups is 1. The number of carbonyl (C=O) groups excluding carboxylic acids is 1. The molecule has 0 aliphatic rings. The van der Waals surface area contributed by atoms with E-state index in [1.165, 1.54) is 34.1 Å². The Morgan fingerprint density at radius 2 is 2.10 bits per heavy atom. The van der Waals surface area contributed by atoms with Crippen LogP contribution < -0.4 is 15.6 Å². The zero-order valence-corrected chi connectivity index (χ0v) is 17.4. The Morgan fingerprint density at radius 3 is 2.86 bits per heavy atom. The van der Waals surface area contributed by atoms with E-state index in [-0.39, 0.29) is 11.3 Å². The van der Waals surface area contributed by atoms with Gasteiger partial charge < -0.3 is 10.1 Å². The Hall–Kier alpha value is -3.04. The van der Waals surface area contributed by atoms with E-state index >= 15 is 0 Å². The predicted octanol–water partition coefficient (Wildman–Crippen LogP) is 4.59. The fourth-order valence-electron chi connectivity index (χ4n) is 2.81. The lowest BCUT2D eigenvalue weighted by molar-refractivity contribution is 0.102. The first-order chi connectivity index (χ1) is 14.0. The van der Waals surface area contributed by atoms with Crippen molar-refractivity contribution in [2.75, 3.05) is 12.4 Å². The molecule has 0 unspecified atom stereocenters. The number of ether oxygens (including phenoxy) is 1. The van der Waals surface area contributed by atoms with E-state index in [4.69, 9.17) is 4.74 Å². The van der Waals surface area contributed by atoms with Crippen molar-refractivity contribution in [3.63, 3.8) is 0 Å². The van der Waals surface area contributed by atoms with Gasteiger partial charge in [0.05, 0.1) is 18.5 Å². The van der Waals surface area contributed by atoms with Crippen LogP contribution >= 0.6 is 27.3 Å². The lowest BCUT2D eigenvalue weighted by Crippen LogP contribution is -2.26. The molecule has 0 fully saturated rings. The molecule has 4 aromatic rings. The molecular weight excluding hydrogens is 461 g/mol. The number of halogens is 2. The molecule has 2 heterocycles. The predicted molar refractivity (Wildman–Crippen MR) is 113 cm³/mol. The fraction of sp³-hybridized carbons (Fsp3) is 0.0500. The van der Waals surface area contributed by atoms with Gasteiger partial charge in [0.25, 0.3) is 11.5 Å². The summed E-state index contributed by atoms with van der Waals surface area (Å²) in [7, 11) is 1.56. The number of anilines is 1. The molecule has 1 amide bonds. The molecule has 2 aromatic carbocycles. The highest BCUT2D eigenvalue weighted by Crippen LogP contribution is 2.27. The molecule has 0 saturated heterocycles. The maximum Gasteiger partial charge on any atom is 0.271 e. The van der Waals surface area contributed by atoms with Gasteiger partial charge in [0.1, 0.15) is 17.1 Å². The minimum absolute atomic E-state index is 0.0268. The number of rotatable bonds is 4. The molecular formula is C20H13BrFN3O3S. The highest BCUT2D eigenvalue weighted by Gasteiger charge is 2.18. The summed E-state index contributed by atoms with van der Waals surface area (Å²) in [4.78, 5) is 30.3. The smallest absolute Gasteiger partial charge is 0.271 e. The van der Waals surface area contributed by atoms with Crippen molar-refractivity contribution in [3.8, 4) is 17.0 Å². The number of methoxy groups -OCH3 is 1. The number of fused-ring (bicyclic) bond motifs is 1. The van der Waals surface area contributed by atoms with Gasteiger partial charge in [-0.2, -0.15) is 0 Å². The summed E-state index contributed by atoms with van der Waals surface area (Å²) in [5.74, 6) is -0.710. The normalized spacial score (nSPS) is 10.9. The van der Waals surface area contributed by atoms with E-state index in [0.717, 1.165) is 5.56 Å². The Balaban J connectivity index is 1.77. The molecule has 4 rings (SSSR count). The van der Waals surface area contributed by atoms with Gasteiger partial charge in [-0.25, -0.2) is 9.37 Å². The van der Waals surface area contributed by atoms with Gasteiger partial charge in [-0.3, -0.25) is 14.0 Å². The molecule has 0 radical (unpaired) electrons. The number of nitrogens with zero attached hydrogens (tertiary/aromatic N) is 2. The molecule has 0 aliphatic carbocycles. The summed E-state index contributed by atoms with van der Waals surface area (Å²) in [6, 6.07) is 11.5.